The lowest BCUT2D eigenvalue weighted by Crippen LogP contribution is -2.29. The summed E-state index contributed by atoms with van der Waals surface area (Å²) >= 11 is 0. The van der Waals surface area contributed by atoms with Crippen LogP contribution in [-0.2, 0) is 9.47 Å². The fraction of sp³-hybridized carbons (Fsp3) is 0.857. The number of hydrogen-bond acceptors (Lipinski definition) is 3. The second kappa shape index (κ2) is 6.53. The van der Waals surface area contributed by atoms with Crippen molar-refractivity contribution in [3.63, 3.8) is 0 Å². The number of ether oxygens (including phenoxy) is 2. The third kappa shape index (κ3) is 4.09. The number of aliphatic hydroxyl groups is 1. The predicted octanol–water partition coefficient (Wildman–Crippen LogP) is 3.03. The van der Waals surface area contributed by atoms with Crippen LogP contribution in [0.4, 0.5) is 0 Å². The van der Waals surface area contributed by atoms with Gasteiger partial charge < -0.3 is 14.6 Å². The van der Waals surface area contributed by atoms with Crippen molar-refractivity contribution in [1.82, 2.24) is 0 Å². The van der Waals surface area contributed by atoms with E-state index >= 15 is 0 Å². The van der Waals surface area contributed by atoms with E-state index in [2.05, 4.69) is 27.4 Å². The van der Waals surface area contributed by atoms with Gasteiger partial charge in [0, 0.05) is 6.42 Å². The van der Waals surface area contributed by atoms with Gasteiger partial charge in [0.15, 0.2) is 5.79 Å². The van der Waals surface area contributed by atoms with Crippen molar-refractivity contribution >= 4 is 0 Å². The Hall–Kier alpha value is -0.380. The molecule has 1 heterocycles. The van der Waals surface area contributed by atoms with Crippen LogP contribution in [0.1, 0.15) is 52.9 Å². The molecule has 3 nitrogen and oxygen atoms in total. The van der Waals surface area contributed by atoms with E-state index in [1.54, 1.807) is 0 Å². The summed E-state index contributed by atoms with van der Waals surface area (Å²) in [4.78, 5) is 0. The molecule has 3 heteroatoms. The Balaban J connectivity index is 2.37. The van der Waals surface area contributed by atoms with Crippen LogP contribution in [0, 0.1) is 0 Å². The molecular weight excluding hydrogens is 216 g/mol. The molecule has 1 fully saturated rings. The van der Waals surface area contributed by atoms with Gasteiger partial charge in [0.05, 0.1) is 18.8 Å². The van der Waals surface area contributed by atoms with E-state index < -0.39 is 5.79 Å². The maximum Gasteiger partial charge on any atom is 0.168 e. The minimum Gasteiger partial charge on any atom is -0.393 e. The zero-order valence-electron chi connectivity index (χ0n) is 11.4. The minimum absolute atomic E-state index is 0.0227. The zero-order chi connectivity index (χ0) is 12.9. The first-order chi connectivity index (χ1) is 8.05. The lowest BCUT2D eigenvalue weighted by Gasteiger charge is -2.25. The molecule has 0 aliphatic carbocycles. The average Bonchev–Trinajstić information content (AvgIpc) is 2.73. The van der Waals surface area contributed by atoms with Gasteiger partial charge >= 0.3 is 0 Å². The summed E-state index contributed by atoms with van der Waals surface area (Å²) in [6, 6.07) is 0. The summed E-state index contributed by atoms with van der Waals surface area (Å²) in [5.41, 5.74) is 1.09. The van der Waals surface area contributed by atoms with E-state index in [4.69, 9.17) is 9.47 Å². The van der Waals surface area contributed by atoms with Crippen LogP contribution in [0.3, 0.4) is 0 Å². The minimum atomic E-state index is -0.411. The first-order valence-electron chi connectivity index (χ1n) is 6.71. The standard InChI is InChI=1S/C14H26O3/c1-5-11(4)8-12(15)9-13-10-16-14(6-2,7-3)17-13/h12-13,15H,4-10H2,1-3H3/t12-,13+/m1/s1. The van der Waals surface area contributed by atoms with Crippen molar-refractivity contribution in [1.29, 1.82) is 0 Å². The number of aliphatic hydroxyl groups excluding tert-OH is 1. The molecule has 0 aromatic rings. The summed E-state index contributed by atoms with van der Waals surface area (Å²) in [5.74, 6) is -0.411. The van der Waals surface area contributed by atoms with Crippen molar-refractivity contribution in [3.05, 3.63) is 12.2 Å². The second-order valence-electron chi connectivity index (χ2n) is 4.87. The zero-order valence-corrected chi connectivity index (χ0v) is 11.4. The van der Waals surface area contributed by atoms with Crippen molar-refractivity contribution < 1.29 is 14.6 Å². The van der Waals surface area contributed by atoms with Gasteiger partial charge in [0.2, 0.25) is 0 Å². The summed E-state index contributed by atoms with van der Waals surface area (Å²) in [7, 11) is 0. The van der Waals surface area contributed by atoms with Crippen LogP contribution in [-0.4, -0.2) is 29.7 Å². The Morgan fingerprint density at radius 1 is 1.41 bits per heavy atom. The van der Waals surface area contributed by atoms with E-state index in [9.17, 15) is 5.11 Å². The molecule has 0 amide bonds. The van der Waals surface area contributed by atoms with Crippen LogP contribution >= 0.6 is 0 Å². The number of hydrogen-bond donors (Lipinski definition) is 1. The molecule has 0 aromatic carbocycles. The smallest absolute Gasteiger partial charge is 0.168 e. The Labute approximate surface area is 105 Å². The fourth-order valence-electron chi connectivity index (χ4n) is 2.22. The fourth-order valence-corrected chi connectivity index (χ4v) is 2.22. The lowest BCUT2D eigenvalue weighted by molar-refractivity contribution is -0.174. The van der Waals surface area contributed by atoms with Crippen LogP contribution in [0.15, 0.2) is 12.2 Å². The quantitative estimate of drug-likeness (QED) is 0.697. The monoisotopic (exact) mass is 242 g/mol. The largest absolute Gasteiger partial charge is 0.393 e. The normalized spacial score (nSPS) is 24.8. The summed E-state index contributed by atoms with van der Waals surface area (Å²) in [6.45, 7) is 10.7. The molecule has 100 valence electrons. The molecule has 0 radical (unpaired) electrons. The summed E-state index contributed by atoms with van der Waals surface area (Å²) in [6.07, 6.45) is 3.61. The molecule has 1 N–H and O–H groups in total. The van der Waals surface area contributed by atoms with Gasteiger partial charge in [-0.15, -0.1) is 0 Å². The molecule has 0 spiro atoms. The summed E-state index contributed by atoms with van der Waals surface area (Å²) < 4.78 is 11.6. The van der Waals surface area contributed by atoms with Gasteiger partial charge in [0.25, 0.3) is 0 Å². The topological polar surface area (TPSA) is 38.7 Å². The molecule has 0 unspecified atom stereocenters. The maximum atomic E-state index is 9.93. The molecule has 1 aliphatic heterocycles. The van der Waals surface area contributed by atoms with Crippen LogP contribution in [0.5, 0.6) is 0 Å². The Morgan fingerprint density at radius 2 is 2.06 bits per heavy atom. The van der Waals surface area contributed by atoms with E-state index in [1.807, 2.05) is 0 Å². The molecule has 1 aliphatic rings. The average molecular weight is 242 g/mol. The molecule has 1 saturated heterocycles. The van der Waals surface area contributed by atoms with E-state index in [-0.39, 0.29) is 12.2 Å². The Kier molecular flexibility index (Phi) is 5.63. The number of rotatable bonds is 7. The highest BCUT2D eigenvalue weighted by Crippen LogP contribution is 2.32. The Morgan fingerprint density at radius 3 is 2.53 bits per heavy atom. The summed E-state index contributed by atoms with van der Waals surface area (Å²) in [5, 5.41) is 9.93. The molecule has 17 heavy (non-hydrogen) atoms. The van der Waals surface area contributed by atoms with E-state index in [1.165, 1.54) is 0 Å². The molecular formula is C14H26O3. The maximum absolute atomic E-state index is 9.93. The van der Waals surface area contributed by atoms with Gasteiger partial charge in [-0.2, -0.15) is 0 Å². The highest BCUT2D eigenvalue weighted by atomic mass is 16.7. The third-order valence-corrected chi connectivity index (χ3v) is 3.55. The molecule has 0 saturated carbocycles. The van der Waals surface area contributed by atoms with Crippen molar-refractivity contribution in [2.45, 2.75) is 70.9 Å². The lowest BCUT2D eigenvalue weighted by atomic mass is 10.0. The molecule has 2 atom stereocenters. The molecule has 0 bridgehead atoms. The van der Waals surface area contributed by atoms with Gasteiger partial charge in [-0.05, 0) is 25.7 Å². The SMILES string of the molecule is C=C(CC)C[C@@H](O)C[C@H]1COC(CC)(CC)O1. The van der Waals surface area contributed by atoms with E-state index in [0.29, 0.717) is 19.4 Å². The van der Waals surface area contributed by atoms with Crippen LogP contribution < -0.4 is 0 Å². The predicted molar refractivity (Wildman–Crippen MR) is 68.8 cm³/mol. The van der Waals surface area contributed by atoms with Crippen LogP contribution in [0.2, 0.25) is 0 Å². The van der Waals surface area contributed by atoms with Gasteiger partial charge in [0.1, 0.15) is 0 Å². The molecule has 1 rings (SSSR count). The second-order valence-corrected chi connectivity index (χ2v) is 4.87. The Bertz CT molecular complexity index is 246. The first kappa shape index (κ1) is 14.7. The third-order valence-electron chi connectivity index (χ3n) is 3.55. The van der Waals surface area contributed by atoms with Gasteiger partial charge in [-0.3, -0.25) is 0 Å². The van der Waals surface area contributed by atoms with Gasteiger partial charge in [-0.25, -0.2) is 0 Å². The highest BCUT2D eigenvalue weighted by Gasteiger charge is 2.38. The van der Waals surface area contributed by atoms with Crippen LogP contribution in [0.25, 0.3) is 0 Å². The molecule has 0 aromatic heterocycles. The van der Waals surface area contributed by atoms with Gasteiger partial charge in [-0.1, -0.05) is 32.9 Å². The van der Waals surface area contributed by atoms with E-state index in [0.717, 1.165) is 24.8 Å². The van der Waals surface area contributed by atoms with Crippen molar-refractivity contribution in [2.75, 3.05) is 6.61 Å². The van der Waals surface area contributed by atoms with Crippen molar-refractivity contribution in [2.24, 2.45) is 0 Å². The van der Waals surface area contributed by atoms with Crippen molar-refractivity contribution in [3.8, 4) is 0 Å². The first-order valence-corrected chi connectivity index (χ1v) is 6.71. The highest BCUT2D eigenvalue weighted by molar-refractivity contribution is 4.95.